The summed E-state index contributed by atoms with van der Waals surface area (Å²) in [6, 6.07) is 11.3. The van der Waals surface area contributed by atoms with E-state index in [1.807, 2.05) is 24.3 Å². The number of nitrogens with one attached hydrogen (secondary N) is 1. The number of primary sulfonamides is 1. The van der Waals surface area contributed by atoms with Crippen LogP contribution in [0, 0.1) is 16.0 Å². The van der Waals surface area contributed by atoms with E-state index in [1.54, 1.807) is 6.92 Å². The summed E-state index contributed by atoms with van der Waals surface area (Å²) in [7, 11) is -4.03. The number of benzene rings is 2. The highest BCUT2D eigenvalue weighted by molar-refractivity contribution is 7.89. The van der Waals surface area contributed by atoms with Crippen molar-refractivity contribution in [2.45, 2.75) is 32.1 Å². The molecule has 0 fully saturated rings. The summed E-state index contributed by atoms with van der Waals surface area (Å²) in [6.07, 6.45) is 0.983. The van der Waals surface area contributed by atoms with Crippen molar-refractivity contribution in [1.82, 2.24) is 0 Å². The van der Waals surface area contributed by atoms with E-state index < -0.39 is 20.6 Å². The lowest BCUT2D eigenvalue weighted by molar-refractivity contribution is -0.384. The zero-order chi connectivity index (χ0) is 20.2. The predicted octanol–water partition coefficient (Wildman–Crippen LogP) is 3.28. The number of anilines is 1. The molecule has 0 spiro atoms. The third-order valence-corrected chi connectivity index (χ3v) is 4.77. The first-order chi connectivity index (χ1) is 12.6. The number of nitro groups is 1. The van der Waals surface area contributed by atoms with Crippen molar-refractivity contribution in [1.29, 1.82) is 0 Å². The Morgan fingerprint density at radius 1 is 1.22 bits per heavy atom. The number of rotatable bonds is 7. The molecule has 0 aliphatic heterocycles. The van der Waals surface area contributed by atoms with Crippen LogP contribution < -0.4 is 10.6 Å². The Labute approximate surface area is 158 Å². The number of nitrogens with two attached hydrogens (primary N) is 1. The first-order valence-corrected chi connectivity index (χ1v) is 9.83. The first-order valence-electron chi connectivity index (χ1n) is 8.29. The first kappa shape index (κ1) is 20.5. The van der Waals surface area contributed by atoms with E-state index in [-0.39, 0.29) is 10.6 Å². The molecule has 0 radical (unpaired) electrons. The van der Waals surface area contributed by atoms with Crippen molar-refractivity contribution < 1.29 is 13.3 Å². The topological polar surface area (TPSA) is 128 Å². The maximum atomic E-state index is 11.4. The van der Waals surface area contributed by atoms with Crippen molar-refractivity contribution in [2.24, 2.45) is 16.2 Å². The van der Waals surface area contributed by atoms with Crippen LogP contribution in [-0.4, -0.2) is 19.1 Å². The molecule has 8 nitrogen and oxygen atoms in total. The second-order valence-electron chi connectivity index (χ2n) is 6.58. The van der Waals surface area contributed by atoms with Crippen LogP contribution in [-0.2, 0) is 16.4 Å². The van der Waals surface area contributed by atoms with Crippen molar-refractivity contribution in [3.63, 3.8) is 0 Å². The second kappa shape index (κ2) is 8.28. The van der Waals surface area contributed by atoms with Crippen molar-refractivity contribution in [3.05, 3.63) is 63.7 Å². The summed E-state index contributed by atoms with van der Waals surface area (Å²) < 4.78 is 22.7. The number of hydrazone groups is 1. The van der Waals surface area contributed by atoms with Gasteiger partial charge in [-0.2, -0.15) is 5.10 Å². The maximum absolute atomic E-state index is 11.4. The normalized spacial score (nSPS) is 12.3. The van der Waals surface area contributed by atoms with Gasteiger partial charge < -0.3 is 0 Å². The van der Waals surface area contributed by atoms with E-state index >= 15 is 0 Å². The van der Waals surface area contributed by atoms with Crippen LogP contribution in [0.4, 0.5) is 11.4 Å². The lowest BCUT2D eigenvalue weighted by Crippen LogP contribution is -2.12. The van der Waals surface area contributed by atoms with Crippen LogP contribution in [0.2, 0.25) is 0 Å². The van der Waals surface area contributed by atoms with Gasteiger partial charge in [-0.3, -0.25) is 15.5 Å². The van der Waals surface area contributed by atoms with E-state index in [2.05, 4.69) is 24.4 Å². The van der Waals surface area contributed by atoms with Crippen LogP contribution in [0.15, 0.2) is 52.5 Å². The lowest BCUT2D eigenvalue weighted by atomic mass is 10.0. The van der Waals surface area contributed by atoms with E-state index in [9.17, 15) is 18.5 Å². The van der Waals surface area contributed by atoms with Gasteiger partial charge >= 0.3 is 0 Å². The summed E-state index contributed by atoms with van der Waals surface area (Å²) in [5.41, 5.74) is 5.01. The average Bonchev–Trinajstić information content (AvgIpc) is 2.58. The molecule has 0 amide bonds. The number of nitrogens with zero attached hydrogens (tertiary/aromatic N) is 2. The number of nitro benzene ring substituents is 1. The van der Waals surface area contributed by atoms with Crippen LogP contribution in [0.25, 0.3) is 0 Å². The maximum Gasteiger partial charge on any atom is 0.295 e. The largest absolute Gasteiger partial charge is 0.295 e. The van der Waals surface area contributed by atoms with Gasteiger partial charge in [0.2, 0.25) is 10.0 Å². The van der Waals surface area contributed by atoms with E-state index in [4.69, 9.17) is 5.14 Å². The molecule has 0 saturated carbocycles. The Morgan fingerprint density at radius 2 is 1.85 bits per heavy atom. The Balaban J connectivity index is 2.24. The Bertz CT molecular complexity index is 967. The number of hydrogen-bond acceptors (Lipinski definition) is 6. The lowest BCUT2D eigenvalue weighted by Gasteiger charge is -2.08. The number of sulfonamides is 1. The Hall–Kier alpha value is -2.78. The molecule has 0 heterocycles. The van der Waals surface area contributed by atoms with E-state index in [1.165, 1.54) is 17.7 Å². The molecule has 2 aromatic rings. The number of hydrogen-bond donors (Lipinski definition) is 2. The van der Waals surface area contributed by atoms with Gasteiger partial charge in [-0.15, -0.1) is 0 Å². The predicted molar refractivity (Wildman–Crippen MR) is 105 cm³/mol. The highest BCUT2D eigenvalue weighted by Gasteiger charge is 2.19. The van der Waals surface area contributed by atoms with Gasteiger partial charge in [0.25, 0.3) is 5.69 Å². The molecule has 2 rings (SSSR count). The van der Waals surface area contributed by atoms with Gasteiger partial charge in [-0.25, -0.2) is 13.6 Å². The van der Waals surface area contributed by atoms with Gasteiger partial charge in [0.1, 0.15) is 5.69 Å². The third kappa shape index (κ3) is 5.60. The molecule has 3 N–H and O–H groups in total. The van der Waals surface area contributed by atoms with Gasteiger partial charge in [-0.1, -0.05) is 38.1 Å². The fraction of sp³-hybridized carbons (Fsp3) is 0.278. The standard InChI is InChI=1S/C18H22N4O4S/c1-12(2)10-14-4-6-15(7-5-14)13(3)20-21-17-9-8-16(27(19,25)26)11-18(17)22(23)24/h4-9,11-12,21H,10H2,1-3H3,(H2,19,25,26)/b20-13-. The Kier molecular flexibility index (Phi) is 6.29. The van der Waals surface area contributed by atoms with Crippen LogP contribution in [0.5, 0.6) is 0 Å². The fourth-order valence-corrected chi connectivity index (χ4v) is 3.03. The minimum atomic E-state index is -4.03. The molecule has 0 atom stereocenters. The van der Waals surface area contributed by atoms with Crippen molar-refractivity contribution >= 4 is 27.1 Å². The minimum Gasteiger partial charge on any atom is -0.271 e. The van der Waals surface area contributed by atoms with Crippen LogP contribution in [0.3, 0.4) is 0 Å². The summed E-state index contributed by atoms with van der Waals surface area (Å²) in [4.78, 5) is 10.2. The molecule has 0 unspecified atom stereocenters. The molecule has 2 aromatic carbocycles. The molecule has 0 saturated heterocycles. The molecule has 0 aromatic heterocycles. The Morgan fingerprint density at radius 3 is 2.37 bits per heavy atom. The van der Waals surface area contributed by atoms with Gasteiger partial charge in [0.15, 0.2) is 0 Å². The zero-order valence-corrected chi connectivity index (χ0v) is 16.2. The SMILES string of the molecule is C/C(=N/Nc1ccc(S(N)(=O)=O)cc1[N+](=O)[O-])c1ccc(CC(C)C)cc1. The molecular weight excluding hydrogens is 368 g/mol. The quantitative estimate of drug-likeness (QED) is 0.426. The molecular formula is C18H22N4O4S. The molecule has 0 aliphatic carbocycles. The highest BCUT2D eigenvalue weighted by atomic mass is 32.2. The monoisotopic (exact) mass is 390 g/mol. The molecule has 0 bridgehead atoms. The third-order valence-electron chi connectivity index (χ3n) is 3.85. The highest BCUT2D eigenvalue weighted by Crippen LogP contribution is 2.27. The molecule has 9 heteroatoms. The average molecular weight is 390 g/mol. The van der Waals surface area contributed by atoms with Gasteiger partial charge in [0, 0.05) is 6.07 Å². The summed E-state index contributed by atoms with van der Waals surface area (Å²) in [5.74, 6) is 0.563. The molecule has 0 aliphatic rings. The van der Waals surface area contributed by atoms with E-state index in [0.29, 0.717) is 11.6 Å². The summed E-state index contributed by atoms with van der Waals surface area (Å²) >= 11 is 0. The van der Waals surface area contributed by atoms with Crippen LogP contribution >= 0.6 is 0 Å². The van der Waals surface area contributed by atoms with E-state index in [0.717, 1.165) is 18.1 Å². The second-order valence-corrected chi connectivity index (χ2v) is 8.15. The van der Waals surface area contributed by atoms with Crippen LogP contribution in [0.1, 0.15) is 31.9 Å². The van der Waals surface area contributed by atoms with Gasteiger partial charge in [0.05, 0.1) is 15.5 Å². The van der Waals surface area contributed by atoms with Crippen molar-refractivity contribution in [3.8, 4) is 0 Å². The molecule has 27 heavy (non-hydrogen) atoms. The minimum absolute atomic E-state index is 0.0724. The van der Waals surface area contributed by atoms with Gasteiger partial charge in [-0.05, 0) is 42.5 Å². The smallest absolute Gasteiger partial charge is 0.271 e. The summed E-state index contributed by atoms with van der Waals surface area (Å²) in [6.45, 7) is 6.08. The zero-order valence-electron chi connectivity index (χ0n) is 15.3. The van der Waals surface area contributed by atoms with Crippen molar-refractivity contribution in [2.75, 3.05) is 5.43 Å². The fourth-order valence-electron chi connectivity index (χ4n) is 2.50. The molecule has 144 valence electrons. The summed E-state index contributed by atoms with van der Waals surface area (Å²) in [5, 5.41) is 20.4.